The van der Waals surface area contributed by atoms with Crippen LogP contribution in [0.15, 0.2) is 47.4 Å². The van der Waals surface area contributed by atoms with Crippen LogP contribution in [0.4, 0.5) is 19.6 Å². The molecule has 108 valence electrons. The quantitative estimate of drug-likeness (QED) is 0.627. The van der Waals surface area contributed by atoms with Gasteiger partial charge >= 0.3 is 0 Å². The molecule has 0 spiro atoms. The van der Waals surface area contributed by atoms with E-state index >= 15 is 0 Å². The van der Waals surface area contributed by atoms with Crippen LogP contribution in [-0.4, -0.2) is 10.7 Å². The van der Waals surface area contributed by atoms with E-state index in [-0.39, 0.29) is 0 Å². The lowest BCUT2D eigenvalue weighted by molar-refractivity contribution is 0.252. The fourth-order valence-electron chi connectivity index (χ4n) is 1.97. The number of fused-ring (bicyclic) bond motifs is 1. The smallest absolute Gasteiger partial charge is 0.288 e. The third-order valence-corrected chi connectivity index (χ3v) is 4.61. The van der Waals surface area contributed by atoms with Crippen LogP contribution in [0.5, 0.6) is 0 Å². The summed E-state index contributed by atoms with van der Waals surface area (Å²) in [6.45, 7) is 2.03. The molecule has 1 aromatic heterocycles. The minimum Gasteiger partial charge on any atom is -0.331 e. The predicted octanol–water partition coefficient (Wildman–Crippen LogP) is 5.66. The van der Waals surface area contributed by atoms with Crippen LogP contribution in [0.25, 0.3) is 10.2 Å². The van der Waals surface area contributed by atoms with Gasteiger partial charge in [-0.15, -0.1) is 0 Å². The molecule has 1 N–H and O–H groups in total. The van der Waals surface area contributed by atoms with Crippen LogP contribution >= 0.6 is 23.1 Å². The van der Waals surface area contributed by atoms with Crippen LogP contribution in [0.2, 0.25) is 0 Å². The Labute approximate surface area is 129 Å². The second-order valence-electron chi connectivity index (χ2n) is 4.49. The van der Waals surface area contributed by atoms with Gasteiger partial charge in [0.2, 0.25) is 0 Å². The number of halogens is 2. The molecule has 3 aromatic rings. The molecule has 1 heterocycles. The van der Waals surface area contributed by atoms with Gasteiger partial charge in [0, 0.05) is 4.90 Å². The van der Waals surface area contributed by atoms with Gasteiger partial charge in [-0.2, -0.15) is 8.78 Å². The second-order valence-corrected chi connectivity index (χ2v) is 6.55. The summed E-state index contributed by atoms with van der Waals surface area (Å²) in [6, 6.07) is 13.1. The molecular formula is C15H12F2N2S2. The van der Waals surface area contributed by atoms with E-state index in [2.05, 4.69) is 16.4 Å². The van der Waals surface area contributed by atoms with Crippen LogP contribution in [-0.2, 0) is 0 Å². The van der Waals surface area contributed by atoms with Gasteiger partial charge in [-0.05, 0) is 36.8 Å². The van der Waals surface area contributed by atoms with E-state index in [9.17, 15) is 8.78 Å². The summed E-state index contributed by atoms with van der Waals surface area (Å²) in [4.78, 5) is 5.00. The van der Waals surface area contributed by atoms with Crippen molar-refractivity contribution < 1.29 is 8.78 Å². The maximum absolute atomic E-state index is 12.6. The molecule has 0 fully saturated rings. The van der Waals surface area contributed by atoms with Gasteiger partial charge in [-0.1, -0.05) is 41.3 Å². The van der Waals surface area contributed by atoms with Crippen molar-refractivity contribution in [1.82, 2.24) is 4.98 Å². The third-order valence-electron chi connectivity index (χ3n) is 2.89. The normalized spacial score (nSPS) is 11.2. The molecule has 21 heavy (non-hydrogen) atoms. The van der Waals surface area contributed by atoms with Crippen molar-refractivity contribution in [2.45, 2.75) is 17.6 Å². The number of anilines is 2. The van der Waals surface area contributed by atoms with Gasteiger partial charge < -0.3 is 5.32 Å². The van der Waals surface area contributed by atoms with Gasteiger partial charge in [-0.25, -0.2) is 4.98 Å². The highest BCUT2D eigenvalue weighted by Crippen LogP contribution is 2.35. The molecule has 3 rings (SSSR count). The first-order chi connectivity index (χ1) is 10.1. The predicted molar refractivity (Wildman–Crippen MR) is 85.9 cm³/mol. The molecule has 0 saturated heterocycles. The molecule has 0 amide bonds. The lowest BCUT2D eigenvalue weighted by Gasteiger charge is -2.08. The van der Waals surface area contributed by atoms with Crippen molar-refractivity contribution in [3.8, 4) is 0 Å². The monoisotopic (exact) mass is 322 g/mol. The number of aryl methyl sites for hydroxylation is 1. The maximum atomic E-state index is 12.6. The zero-order chi connectivity index (χ0) is 14.8. The van der Waals surface area contributed by atoms with E-state index in [1.54, 1.807) is 18.2 Å². The number of aromatic nitrogens is 1. The molecular weight excluding hydrogens is 310 g/mol. The molecule has 0 aliphatic heterocycles. The molecule has 0 saturated carbocycles. The minimum absolute atomic E-state index is 0.517. The Hall–Kier alpha value is -1.66. The second kappa shape index (κ2) is 5.99. The van der Waals surface area contributed by atoms with Crippen LogP contribution < -0.4 is 5.32 Å². The van der Waals surface area contributed by atoms with Crippen molar-refractivity contribution >= 4 is 44.1 Å². The Bertz CT molecular complexity index is 771. The molecule has 2 nitrogen and oxygen atoms in total. The molecule has 0 radical (unpaired) electrons. The van der Waals surface area contributed by atoms with Crippen LogP contribution in [0.1, 0.15) is 5.56 Å². The van der Waals surface area contributed by atoms with Crippen molar-refractivity contribution in [1.29, 1.82) is 0 Å². The van der Waals surface area contributed by atoms with Crippen LogP contribution in [0.3, 0.4) is 0 Å². The highest BCUT2D eigenvalue weighted by molar-refractivity contribution is 7.99. The minimum atomic E-state index is -2.44. The van der Waals surface area contributed by atoms with Crippen molar-refractivity contribution in [3.63, 3.8) is 0 Å². The van der Waals surface area contributed by atoms with Crippen LogP contribution in [0, 0.1) is 6.92 Å². The first kappa shape index (κ1) is 14.3. The maximum Gasteiger partial charge on any atom is 0.288 e. The molecule has 0 unspecified atom stereocenters. The molecule has 6 heteroatoms. The van der Waals surface area contributed by atoms with E-state index in [1.807, 2.05) is 25.1 Å². The Morgan fingerprint density at radius 1 is 1.19 bits per heavy atom. The molecule has 0 aliphatic rings. The fourth-order valence-corrected chi connectivity index (χ4v) is 3.54. The Morgan fingerprint density at radius 3 is 2.81 bits per heavy atom. The standard InChI is InChI=1S/C15H12F2N2S2/c1-9-6-7-11-13(8-9)21-15(19-11)18-10-4-2-3-5-12(10)20-14(16)17/h2-8,14H,1H3,(H,18,19). The number of hydrogen-bond acceptors (Lipinski definition) is 4. The van der Waals surface area contributed by atoms with Gasteiger partial charge in [0.15, 0.2) is 5.13 Å². The van der Waals surface area contributed by atoms with Crippen molar-refractivity contribution in [2.24, 2.45) is 0 Å². The van der Waals surface area contributed by atoms with Gasteiger partial charge in [-0.3, -0.25) is 0 Å². The average molecular weight is 322 g/mol. The Kier molecular flexibility index (Phi) is 4.07. The summed E-state index contributed by atoms with van der Waals surface area (Å²) < 4.78 is 26.2. The highest BCUT2D eigenvalue weighted by Gasteiger charge is 2.11. The Balaban J connectivity index is 1.91. The number of thiazole rings is 1. The zero-order valence-electron chi connectivity index (χ0n) is 11.1. The van der Waals surface area contributed by atoms with Crippen molar-refractivity contribution in [3.05, 3.63) is 48.0 Å². The number of nitrogens with one attached hydrogen (secondary N) is 1. The summed E-state index contributed by atoms with van der Waals surface area (Å²) >= 11 is 2.05. The molecule has 2 aromatic carbocycles. The topological polar surface area (TPSA) is 24.9 Å². The summed E-state index contributed by atoms with van der Waals surface area (Å²) in [7, 11) is 0. The van der Waals surface area contributed by atoms with E-state index in [1.165, 1.54) is 16.9 Å². The zero-order valence-corrected chi connectivity index (χ0v) is 12.8. The molecule has 0 bridgehead atoms. The van der Waals surface area contributed by atoms with Gasteiger partial charge in [0.05, 0.1) is 15.9 Å². The van der Waals surface area contributed by atoms with E-state index < -0.39 is 5.76 Å². The summed E-state index contributed by atoms with van der Waals surface area (Å²) in [5.41, 5.74) is 2.73. The lowest BCUT2D eigenvalue weighted by Crippen LogP contribution is -1.93. The highest BCUT2D eigenvalue weighted by atomic mass is 32.2. The number of para-hydroxylation sites is 1. The van der Waals surface area contributed by atoms with E-state index in [4.69, 9.17) is 0 Å². The fraction of sp³-hybridized carbons (Fsp3) is 0.133. The number of hydrogen-bond donors (Lipinski definition) is 1. The van der Waals surface area contributed by atoms with Crippen molar-refractivity contribution in [2.75, 3.05) is 5.32 Å². The SMILES string of the molecule is Cc1ccc2nc(Nc3ccccc3SC(F)F)sc2c1. The van der Waals surface area contributed by atoms with Gasteiger partial charge in [0.1, 0.15) is 0 Å². The molecule has 0 aliphatic carbocycles. The Morgan fingerprint density at radius 2 is 2.00 bits per heavy atom. The summed E-state index contributed by atoms with van der Waals surface area (Å²) in [5, 5.41) is 3.85. The summed E-state index contributed by atoms with van der Waals surface area (Å²) in [5.74, 6) is -2.44. The first-order valence-electron chi connectivity index (χ1n) is 6.30. The molecule has 0 atom stereocenters. The average Bonchev–Trinajstić information content (AvgIpc) is 2.82. The largest absolute Gasteiger partial charge is 0.331 e. The first-order valence-corrected chi connectivity index (χ1v) is 7.99. The number of alkyl halides is 2. The number of nitrogens with zero attached hydrogens (tertiary/aromatic N) is 1. The lowest BCUT2D eigenvalue weighted by atomic mass is 10.2. The summed E-state index contributed by atoms with van der Waals surface area (Å²) in [6.07, 6.45) is 0. The number of rotatable bonds is 4. The third kappa shape index (κ3) is 3.33. The van der Waals surface area contributed by atoms with E-state index in [0.29, 0.717) is 27.5 Å². The van der Waals surface area contributed by atoms with Gasteiger partial charge in [0.25, 0.3) is 5.76 Å². The van der Waals surface area contributed by atoms with E-state index in [0.717, 1.165) is 10.2 Å². The number of benzene rings is 2. The number of thioether (sulfide) groups is 1.